The van der Waals surface area contributed by atoms with Crippen LogP contribution < -0.4 is 21.3 Å². The molecule has 2 aliphatic rings. The summed E-state index contributed by atoms with van der Waals surface area (Å²) in [5.41, 5.74) is 2.54. The molecular formula is C25H32ClN5O3. The van der Waals surface area contributed by atoms with Gasteiger partial charge in [-0.05, 0) is 58.2 Å². The number of halogens is 1. The third kappa shape index (κ3) is 5.55. The maximum absolute atomic E-state index is 12.6. The number of pyridine rings is 1. The minimum Gasteiger partial charge on any atom is -0.444 e. The van der Waals surface area contributed by atoms with E-state index in [1.165, 1.54) is 0 Å². The monoisotopic (exact) mass is 485 g/mol. The predicted octanol–water partition coefficient (Wildman–Crippen LogP) is 5.28. The summed E-state index contributed by atoms with van der Waals surface area (Å²) in [6, 6.07) is 7.68. The Bertz CT molecular complexity index is 1100. The molecule has 9 heteroatoms. The van der Waals surface area contributed by atoms with Gasteiger partial charge in [-0.1, -0.05) is 36.6 Å². The van der Waals surface area contributed by atoms with Crippen LogP contribution in [0.5, 0.6) is 0 Å². The quantitative estimate of drug-likeness (QED) is 0.459. The average Bonchev–Trinajstić information content (AvgIpc) is 3.13. The topological polar surface area (TPSA) is 104 Å². The second-order valence-electron chi connectivity index (χ2n) is 9.94. The lowest BCUT2D eigenvalue weighted by atomic mass is 9.90. The molecule has 2 unspecified atom stereocenters. The summed E-state index contributed by atoms with van der Waals surface area (Å²) in [5.74, 6) is 0.748. The van der Waals surface area contributed by atoms with E-state index < -0.39 is 11.7 Å². The number of rotatable bonds is 5. The van der Waals surface area contributed by atoms with E-state index in [0.717, 1.165) is 36.9 Å². The Balaban J connectivity index is 1.60. The summed E-state index contributed by atoms with van der Waals surface area (Å²) in [4.78, 5) is 29.7. The first-order valence-corrected chi connectivity index (χ1v) is 12.1. The van der Waals surface area contributed by atoms with Crippen molar-refractivity contribution < 1.29 is 14.3 Å². The summed E-state index contributed by atoms with van der Waals surface area (Å²) in [7, 11) is 0. The number of carbonyl (C=O) groups excluding carboxylic acids is 2. The predicted molar refractivity (Wildman–Crippen MR) is 134 cm³/mol. The molecular weight excluding hydrogens is 454 g/mol. The molecule has 4 rings (SSSR count). The minimum absolute atomic E-state index is 0.0683. The molecule has 4 N–H and O–H groups in total. The van der Waals surface area contributed by atoms with Gasteiger partial charge in [-0.15, -0.1) is 0 Å². The number of benzene rings is 1. The molecule has 2 heterocycles. The fourth-order valence-corrected chi connectivity index (χ4v) is 4.69. The fourth-order valence-electron chi connectivity index (χ4n) is 4.44. The molecule has 1 saturated carbocycles. The molecule has 34 heavy (non-hydrogen) atoms. The molecule has 2 amide bonds. The highest BCUT2D eigenvalue weighted by Crippen LogP contribution is 2.37. The summed E-state index contributed by atoms with van der Waals surface area (Å²) in [6.45, 7) is 7.88. The van der Waals surface area contributed by atoms with Crippen molar-refractivity contribution in [3.05, 3.63) is 46.0 Å². The molecule has 1 fully saturated rings. The van der Waals surface area contributed by atoms with Crippen LogP contribution in [0.1, 0.15) is 67.9 Å². The van der Waals surface area contributed by atoms with Crippen molar-refractivity contribution in [3.8, 4) is 0 Å². The zero-order valence-corrected chi connectivity index (χ0v) is 20.8. The molecule has 2 aromatic rings. The van der Waals surface area contributed by atoms with Crippen LogP contribution in [0.15, 0.2) is 24.3 Å². The van der Waals surface area contributed by atoms with Gasteiger partial charge in [-0.25, -0.2) is 9.78 Å². The number of amides is 2. The lowest BCUT2D eigenvalue weighted by Gasteiger charge is -2.34. The number of hydrogen-bond acceptors (Lipinski definition) is 6. The summed E-state index contributed by atoms with van der Waals surface area (Å²) in [5, 5.41) is 13.0. The van der Waals surface area contributed by atoms with E-state index in [1.807, 2.05) is 52.0 Å². The van der Waals surface area contributed by atoms with E-state index in [9.17, 15) is 9.59 Å². The number of alkyl carbamates (subject to hydrolysis) is 1. The van der Waals surface area contributed by atoms with Crippen LogP contribution in [0.25, 0.3) is 0 Å². The van der Waals surface area contributed by atoms with Gasteiger partial charge in [-0.2, -0.15) is 0 Å². The molecule has 0 spiro atoms. The number of anilines is 3. The van der Waals surface area contributed by atoms with Crippen LogP contribution in [-0.2, 0) is 11.3 Å². The molecule has 182 valence electrons. The molecule has 0 bridgehead atoms. The molecule has 8 nitrogen and oxygen atoms in total. The van der Waals surface area contributed by atoms with Crippen molar-refractivity contribution in [2.45, 2.75) is 77.6 Å². The Morgan fingerprint density at radius 1 is 1.18 bits per heavy atom. The number of ether oxygens (including phenoxy) is 1. The van der Waals surface area contributed by atoms with Gasteiger partial charge in [-0.3, -0.25) is 4.79 Å². The largest absolute Gasteiger partial charge is 0.444 e. The van der Waals surface area contributed by atoms with Gasteiger partial charge < -0.3 is 26.0 Å². The molecule has 0 saturated heterocycles. The number of carbonyl (C=O) groups is 2. The van der Waals surface area contributed by atoms with Gasteiger partial charge in [0, 0.05) is 23.8 Å². The first kappa shape index (κ1) is 24.1. The van der Waals surface area contributed by atoms with Crippen molar-refractivity contribution in [2.24, 2.45) is 0 Å². The SMILES string of the molecule is Cc1cccc(Nc2nc(NC3CCCCC3NC(=O)OC(C)(C)C)c(Cl)c3c2C(=O)NC3)c1. The summed E-state index contributed by atoms with van der Waals surface area (Å²) < 4.78 is 5.45. The van der Waals surface area contributed by atoms with Gasteiger partial charge in [0.05, 0.1) is 16.6 Å². The Morgan fingerprint density at radius 3 is 2.62 bits per heavy atom. The maximum atomic E-state index is 12.6. The van der Waals surface area contributed by atoms with Crippen LogP contribution in [0.2, 0.25) is 5.02 Å². The molecule has 0 radical (unpaired) electrons. The molecule has 1 aliphatic carbocycles. The van der Waals surface area contributed by atoms with Gasteiger partial charge >= 0.3 is 6.09 Å². The number of fused-ring (bicyclic) bond motifs is 1. The minimum atomic E-state index is -0.567. The van der Waals surface area contributed by atoms with Gasteiger partial charge in [0.1, 0.15) is 17.2 Å². The van der Waals surface area contributed by atoms with E-state index in [2.05, 4.69) is 21.3 Å². The summed E-state index contributed by atoms with van der Waals surface area (Å²) in [6.07, 6.45) is 3.29. The van der Waals surface area contributed by atoms with Crippen molar-refractivity contribution in [3.63, 3.8) is 0 Å². The number of nitrogens with zero attached hydrogens (tertiary/aromatic N) is 1. The van der Waals surface area contributed by atoms with Crippen molar-refractivity contribution >= 4 is 40.9 Å². The zero-order chi connectivity index (χ0) is 24.5. The highest BCUT2D eigenvalue weighted by atomic mass is 35.5. The highest BCUT2D eigenvalue weighted by molar-refractivity contribution is 6.34. The van der Waals surface area contributed by atoms with Crippen molar-refractivity contribution in [2.75, 3.05) is 10.6 Å². The van der Waals surface area contributed by atoms with Gasteiger partial charge in [0.2, 0.25) is 0 Å². The molecule has 1 aromatic carbocycles. The number of nitrogens with one attached hydrogen (secondary N) is 4. The number of aromatic nitrogens is 1. The van der Waals surface area contributed by atoms with Crippen LogP contribution in [0.3, 0.4) is 0 Å². The van der Waals surface area contributed by atoms with Crippen LogP contribution >= 0.6 is 11.6 Å². The molecule has 1 aliphatic heterocycles. The third-order valence-electron chi connectivity index (χ3n) is 5.96. The van der Waals surface area contributed by atoms with Gasteiger partial charge in [0.25, 0.3) is 5.91 Å². The number of aryl methyl sites for hydroxylation is 1. The molecule has 2 atom stereocenters. The van der Waals surface area contributed by atoms with E-state index in [1.54, 1.807) is 0 Å². The van der Waals surface area contributed by atoms with E-state index in [-0.39, 0.29) is 18.0 Å². The van der Waals surface area contributed by atoms with E-state index in [4.69, 9.17) is 21.3 Å². The van der Waals surface area contributed by atoms with Crippen molar-refractivity contribution in [1.82, 2.24) is 15.6 Å². The summed E-state index contributed by atoms with van der Waals surface area (Å²) >= 11 is 6.72. The second kappa shape index (κ2) is 9.70. The maximum Gasteiger partial charge on any atom is 0.407 e. The zero-order valence-electron chi connectivity index (χ0n) is 20.0. The third-order valence-corrected chi connectivity index (χ3v) is 6.37. The lowest BCUT2D eigenvalue weighted by molar-refractivity contribution is 0.0488. The number of hydrogen-bond donors (Lipinski definition) is 4. The lowest BCUT2D eigenvalue weighted by Crippen LogP contribution is -2.50. The Labute approximate surface area is 205 Å². The average molecular weight is 486 g/mol. The van der Waals surface area contributed by atoms with Crippen LogP contribution in [-0.4, -0.2) is 34.7 Å². The van der Waals surface area contributed by atoms with Crippen LogP contribution in [0, 0.1) is 6.92 Å². The van der Waals surface area contributed by atoms with Gasteiger partial charge in [0.15, 0.2) is 0 Å². The Kier molecular flexibility index (Phi) is 6.89. The van der Waals surface area contributed by atoms with Crippen LogP contribution in [0.4, 0.5) is 22.1 Å². The second-order valence-corrected chi connectivity index (χ2v) is 10.3. The first-order chi connectivity index (χ1) is 16.1. The Hall–Kier alpha value is -3.00. The smallest absolute Gasteiger partial charge is 0.407 e. The normalized spacial score (nSPS) is 19.7. The van der Waals surface area contributed by atoms with E-state index >= 15 is 0 Å². The molecule has 1 aromatic heterocycles. The Morgan fingerprint density at radius 2 is 1.91 bits per heavy atom. The standard InChI is InChI=1S/C25H32ClN5O3/c1-14-8-7-9-15(12-14)28-21-19-16(13-27-23(19)32)20(26)22(31-21)29-17-10-5-6-11-18(17)30-24(33)34-25(2,3)4/h7-9,12,17-18H,5-6,10-11,13H2,1-4H3,(H,27,32)(H,30,33)(H2,28,29,31). The van der Waals surface area contributed by atoms with E-state index in [0.29, 0.717) is 34.3 Å². The first-order valence-electron chi connectivity index (χ1n) is 11.7. The fraction of sp³-hybridized carbons (Fsp3) is 0.480. The highest BCUT2D eigenvalue weighted by Gasteiger charge is 2.32. The van der Waals surface area contributed by atoms with Crippen molar-refractivity contribution in [1.29, 1.82) is 0 Å².